The summed E-state index contributed by atoms with van der Waals surface area (Å²) in [4.78, 5) is 12.6. The van der Waals surface area contributed by atoms with E-state index in [2.05, 4.69) is 0 Å². The Kier molecular flexibility index (Phi) is 7.22. The minimum absolute atomic E-state index is 0.00505. The van der Waals surface area contributed by atoms with E-state index >= 15 is 0 Å². The quantitative estimate of drug-likeness (QED) is 0.396. The molecule has 0 saturated heterocycles. The number of unbranched alkanes of at least 4 members (excludes halogenated alkanes) is 2. The Hall–Kier alpha value is -1.67. The highest BCUT2D eigenvalue weighted by Gasteiger charge is 2.29. The number of halogens is 3. The minimum Gasteiger partial charge on any atom is -0.293 e. The second-order valence-corrected chi connectivity index (χ2v) is 9.79. The fraction of sp³-hybridized carbons (Fsp3) is 0.421. The monoisotopic (exact) mass is 418 g/mol. The van der Waals surface area contributed by atoms with Crippen molar-refractivity contribution in [2.24, 2.45) is 0 Å². The van der Waals surface area contributed by atoms with E-state index in [1.165, 1.54) is 18.2 Å². The number of alkyl halides is 3. The molecule has 0 atom stereocenters. The van der Waals surface area contributed by atoms with E-state index < -0.39 is 21.6 Å². The molecule has 0 spiro atoms. The zero-order valence-electron chi connectivity index (χ0n) is 14.9. The molecule has 0 fully saturated rings. The zero-order valence-corrected chi connectivity index (χ0v) is 16.5. The summed E-state index contributed by atoms with van der Waals surface area (Å²) < 4.78 is 61.3. The molecule has 0 aliphatic rings. The number of ketones is 1. The molecule has 0 radical (unpaired) electrons. The van der Waals surface area contributed by atoms with E-state index in [1.807, 2.05) is 0 Å². The Morgan fingerprint density at radius 1 is 1.00 bits per heavy atom. The highest BCUT2D eigenvalue weighted by atomic mass is 32.2. The van der Waals surface area contributed by atoms with Crippen molar-refractivity contribution in [3.8, 4) is 0 Å². The summed E-state index contributed by atoms with van der Waals surface area (Å²) in [7, 11) is -3.29. The Balaban J connectivity index is 1.75. The van der Waals surface area contributed by atoms with Gasteiger partial charge in [0.15, 0.2) is 15.6 Å². The first-order valence-electron chi connectivity index (χ1n) is 8.65. The van der Waals surface area contributed by atoms with Gasteiger partial charge in [0.2, 0.25) is 0 Å². The van der Waals surface area contributed by atoms with Crippen LogP contribution >= 0.6 is 11.3 Å². The van der Waals surface area contributed by atoms with Gasteiger partial charge in [0.25, 0.3) is 0 Å². The molecule has 148 valence electrons. The topological polar surface area (TPSA) is 51.2 Å². The summed E-state index contributed by atoms with van der Waals surface area (Å²) in [5.41, 5.74) is 0.180. The molecule has 1 aromatic carbocycles. The van der Waals surface area contributed by atoms with Crippen LogP contribution in [0.25, 0.3) is 0 Å². The second kappa shape index (κ2) is 9.01. The van der Waals surface area contributed by atoms with Crippen LogP contribution in [0.2, 0.25) is 0 Å². The summed E-state index contributed by atoms with van der Waals surface area (Å²) in [6.07, 6.45) is -1.12. The maximum atomic E-state index is 12.5. The standard InChI is InChI=1S/C19H21F3O3S2/c1-2-27(24,25)18-13-12-17(26-18)16(23)7-5-3-4-6-14-8-10-15(11-9-14)19(20,21)22/h8-13H,2-7H2,1H3. The van der Waals surface area contributed by atoms with Crippen molar-refractivity contribution < 1.29 is 26.4 Å². The van der Waals surface area contributed by atoms with Crippen molar-refractivity contribution >= 4 is 27.0 Å². The molecule has 0 unspecified atom stereocenters. The van der Waals surface area contributed by atoms with E-state index in [0.717, 1.165) is 41.9 Å². The molecular formula is C19H21F3O3S2. The van der Waals surface area contributed by atoms with Crippen molar-refractivity contribution in [1.82, 2.24) is 0 Å². The maximum absolute atomic E-state index is 12.5. The average Bonchev–Trinajstić information content (AvgIpc) is 3.12. The van der Waals surface area contributed by atoms with Gasteiger partial charge in [-0.25, -0.2) is 8.42 Å². The number of benzene rings is 1. The smallest absolute Gasteiger partial charge is 0.293 e. The lowest BCUT2D eigenvalue weighted by atomic mass is 10.0. The van der Waals surface area contributed by atoms with Gasteiger partial charge >= 0.3 is 6.18 Å². The number of sulfone groups is 1. The lowest BCUT2D eigenvalue weighted by molar-refractivity contribution is -0.137. The molecular weight excluding hydrogens is 397 g/mol. The first-order valence-corrected chi connectivity index (χ1v) is 11.1. The highest BCUT2D eigenvalue weighted by molar-refractivity contribution is 7.93. The van der Waals surface area contributed by atoms with E-state index in [9.17, 15) is 26.4 Å². The maximum Gasteiger partial charge on any atom is 0.416 e. The predicted molar refractivity (Wildman–Crippen MR) is 100.0 cm³/mol. The lowest BCUT2D eigenvalue weighted by Crippen LogP contribution is -2.04. The van der Waals surface area contributed by atoms with Crippen molar-refractivity contribution in [3.05, 3.63) is 52.4 Å². The third kappa shape index (κ3) is 6.17. The summed E-state index contributed by atoms with van der Waals surface area (Å²) in [6.45, 7) is 1.56. The van der Waals surface area contributed by atoms with Gasteiger partial charge in [-0.1, -0.05) is 25.5 Å². The minimum atomic E-state index is -4.32. The SMILES string of the molecule is CCS(=O)(=O)c1ccc(C(=O)CCCCCc2ccc(C(F)(F)F)cc2)s1. The van der Waals surface area contributed by atoms with Crippen LogP contribution < -0.4 is 0 Å². The third-order valence-electron chi connectivity index (χ3n) is 4.19. The van der Waals surface area contributed by atoms with Crippen LogP contribution in [0.4, 0.5) is 13.2 Å². The van der Waals surface area contributed by atoms with Crippen molar-refractivity contribution in [1.29, 1.82) is 0 Å². The lowest BCUT2D eigenvalue weighted by Gasteiger charge is -2.07. The van der Waals surface area contributed by atoms with Crippen LogP contribution in [0.1, 0.15) is 53.4 Å². The number of carbonyl (C=O) groups is 1. The Morgan fingerprint density at radius 2 is 1.67 bits per heavy atom. The molecule has 0 bridgehead atoms. The molecule has 8 heteroatoms. The molecule has 1 heterocycles. The third-order valence-corrected chi connectivity index (χ3v) is 7.64. The molecule has 0 aliphatic heterocycles. The fourth-order valence-electron chi connectivity index (χ4n) is 2.55. The van der Waals surface area contributed by atoms with Gasteiger partial charge in [0.1, 0.15) is 4.21 Å². The molecule has 0 N–H and O–H groups in total. The number of aryl methyl sites for hydroxylation is 1. The van der Waals surface area contributed by atoms with Crippen molar-refractivity contribution in [2.45, 2.75) is 49.4 Å². The fourth-order valence-corrected chi connectivity index (χ4v) is 4.95. The van der Waals surface area contributed by atoms with Gasteiger partial charge in [-0.2, -0.15) is 13.2 Å². The summed E-state index contributed by atoms with van der Waals surface area (Å²) >= 11 is 1.01. The molecule has 27 heavy (non-hydrogen) atoms. The molecule has 1 aromatic heterocycles. The molecule has 3 nitrogen and oxygen atoms in total. The largest absolute Gasteiger partial charge is 0.416 e. The first kappa shape index (κ1) is 21.6. The number of hydrogen-bond donors (Lipinski definition) is 0. The van der Waals surface area contributed by atoms with Crippen LogP contribution in [0.15, 0.2) is 40.6 Å². The van der Waals surface area contributed by atoms with E-state index in [-0.39, 0.29) is 15.7 Å². The molecule has 2 rings (SSSR count). The Bertz CT molecular complexity index is 866. The van der Waals surface area contributed by atoms with Crippen molar-refractivity contribution in [3.63, 3.8) is 0 Å². The van der Waals surface area contributed by atoms with Gasteiger partial charge in [-0.15, -0.1) is 11.3 Å². The van der Waals surface area contributed by atoms with Gasteiger partial charge in [0, 0.05) is 6.42 Å². The van der Waals surface area contributed by atoms with E-state index in [4.69, 9.17) is 0 Å². The summed E-state index contributed by atoms with van der Waals surface area (Å²) in [6, 6.07) is 8.15. The second-order valence-electron chi connectivity index (χ2n) is 6.20. The van der Waals surface area contributed by atoms with Gasteiger partial charge in [-0.3, -0.25) is 4.79 Å². The predicted octanol–water partition coefficient (Wildman–Crippen LogP) is 5.55. The van der Waals surface area contributed by atoms with Crippen LogP contribution in [-0.4, -0.2) is 20.0 Å². The molecule has 0 saturated carbocycles. The zero-order chi connectivity index (χ0) is 20.1. The van der Waals surface area contributed by atoms with Crippen LogP contribution in [0, 0.1) is 0 Å². The summed E-state index contributed by atoms with van der Waals surface area (Å²) in [5, 5.41) is 0. The first-order chi connectivity index (χ1) is 12.6. The van der Waals surface area contributed by atoms with Crippen molar-refractivity contribution in [2.75, 3.05) is 5.75 Å². The van der Waals surface area contributed by atoms with Crippen LogP contribution in [0.5, 0.6) is 0 Å². The van der Waals surface area contributed by atoms with Gasteiger partial charge in [-0.05, 0) is 49.1 Å². The molecule has 0 amide bonds. The number of carbonyl (C=O) groups excluding carboxylic acids is 1. The number of thiophene rings is 1. The number of Topliss-reactive ketones (excluding diaryl/α,β-unsaturated/α-hetero) is 1. The summed E-state index contributed by atoms with van der Waals surface area (Å²) in [5.74, 6) is -0.0717. The Labute approximate surface area is 161 Å². The van der Waals surface area contributed by atoms with Gasteiger partial charge in [0.05, 0.1) is 16.2 Å². The van der Waals surface area contributed by atoms with E-state index in [0.29, 0.717) is 24.1 Å². The molecule has 0 aliphatic carbocycles. The number of hydrogen-bond acceptors (Lipinski definition) is 4. The van der Waals surface area contributed by atoms with Crippen LogP contribution in [-0.2, 0) is 22.4 Å². The van der Waals surface area contributed by atoms with Crippen LogP contribution in [0.3, 0.4) is 0 Å². The van der Waals surface area contributed by atoms with Gasteiger partial charge < -0.3 is 0 Å². The highest BCUT2D eigenvalue weighted by Crippen LogP contribution is 2.29. The normalized spacial score (nSPS) is 12.3. The Morgan fingerprint density at radius 3 is 2.26 bits per heavy atom. The molecule has 2 aromatic rings. The average molecular weight is 419 g/mol. The van der Waals surface area contributed by atoms with E-state index in [1.54, 1.807) is 13.0 Å². The number of rotatable bonds is 9.